The minimum Gasteiger partial charge on any atom is -0.378 e. The Morgan fingerprint density at radius 1 is 1.04 bits per heavy atom. The number of aromatic nitrogens is 4. The van der Waals surface area contributed by atoms with Gasteiger partial charge in [0.2, 0.25) is 0 Å². The van der Waals surface area contributed by atoms with Crippen LogP contribution in [0, 0.1) is 0 Å². The van der Waals surface area contributed by atoms with Gasteiger partial charge >= 0.3 is 0 Å². The Morgan fingerprint density at radius 2 is 1.84 bits per heavy atom. The molecule has 128 valence electrons. The van der Waals surface area contributed by atoms with Crippen LogP contribution in [-0.4, -0.2) is 46.1 Å². The van der Waals surface area contributed by atoms with Crippen molar-refractivity contribution in [2.75, 3.05) is 36.5 Å². The van der Waals surface area contributed by atoms with Crippen LogP contribution in [-0.2, 0) is 11.8 Å². The Hall–Kier alpha value is -2.93. The molecule has 25 heavy (non-hydrogen) atoms. The van der Waals surface area contributed by atoms with E-state index < -0.39 is 0 Å². The smallest absolute Gasteiger partial charge is 0.181 e. The summed E-state index contributed by atoms with van der Waals surface area (Å²) in [6.07, 6.45) is 3.45. The van der Waals surface area contributed by atoms with Gasteiger partial charge < -0.3 is 15.0 Å². The zero-order valence-electron chi connectivity index (χ0n) is 14.1. The number of aryl methyl sites for hydroxylation is 1. The lowest BCUT2D eigenvalue weighted by Gasteiger charge is -2.28. The molecule has 0 aliphatic carbocycles. The van der Waals surface area contributed by atoms with Gasteiger partial charge in [-0.25, -0.2) is 9.97 Å². The van der Waals surface area contributed by atoms with E-state index in [9.17, 15) is 0 Å². The van der Waals surface area contributed by atoms with Gasteiger partial charge in [0, 0.05) is 43.3 Å². The summed E-state index contributed by atoms with van der Waals surface area (Å²) in [6, 6.07) is 12.2. The molecular weight excluding hydrogens is 316 g/mol. The maximum atomic E-state index is 5.40. The lowest BCUT2D eigenvalue weighted by molar-refractivity contribution is 0.122. The number of rotatable bonds is 4. The lowest BCUT2D eigenvalue weighted by atomic mass is 10.2. The summed E-state index contributed by atoms with van der Waals surface area (Å²) in [5.74, 6) is 1.46. The van der Waals surface area contributed by atoms with Crippen molar-refractivity contribution >= 4 is 17.2 Å². The van der Waals surface area contributed by atoms with Crippen LogP contribution in [0.3, 0.4) is 0 Å². The van der Waals surface area contributed by atoms with E-state index >= 15 is 0 Å². The van der Waals surface area contributed by atoms with Gasteiger partial charge in [-0.15, -0.1) is 0 Å². The fraction of sp³-hybridized carbons (Fsp3) is 0.278. The summed E-state index contributed by atoms with van der Waals surface area (Å²) >= 11 is 0. The Morgan fingerprint density at radius 3 is 2.56 bits per heavy atom. The number of nitrogens with zero attached hydrogens (tertiary/aromatic N) is 5. The third kappa shape index (κ3) is 3.61. The zero-order chi connectivity index (χ0) is 17.1. The largest absolute Gasteiger partial charge is 0.378 e. The fourth-order valence-corrected chi connectivity index (χ4v) is 2.83. The fourth-order valence-electron chi connectivity index (χ4n) is 2.83. The van der Waals surface area contributed by atoms with E-state index in [-0.39, 0.29) is 0 Å². The van der Waals surface area contributed by atoms with Crippen molar-refractivity contribution in [3.63, 3.8) is 0 Å². The van der Waals surface area contributed by atoms with Gasteiger partial charge in [-0.05, 0) is 36.4 Å². The number of nitrogens with one attached hydrogen (secondary N) is 1. The summed E-state index contributed by atoms with van der Waals surface area (Å²) in [6.45, 7) is 3.46. The Balaban J connectivity index is 1.48. The van der Waals surface area contributed by atoms with Crippen LogP contribution >= 0.6 is 0 Å². The molecule has 0 atom stereocenters. The number of morpholine rings is 1. The average Bonchev–Trinajstić information content (AvgIpc) is 3.10. The van der Waals surface area contributed by atoms with E-state index in [1.807, 2.05) is 19.2 Å². The third-order valence-electron chi connectivity index (χ3n) is 4.13. The molecule has 3 aromatic rings. The highest BCUT2D eigenvalue weighted by atomic mass is 16.5. The quantitative estimate of drug-likeness (QED) is 0.789. The number of benzene rings is 1. The van der Waals surface area contributed by atoms with Crippen molar-refractivity contribution in [2.45, 2.75) is 0 Å². The van der Waals surface area contributed by atoms with Crippen LogP contribution < -0.4 is 10.2 Å². The predicted octanol–water partition coefficient (Wildman–Crippen LogP) is 2.46. The van der Waals surface area contributed by atoms with Crippen LogP contribution in [0.1, 0.15) is 0 Å². The van der Waals surface area contributed by atoms with E-state index in [2.05, 4.69) is 49.5 Å². The van der Waals surface area contributed by atoms with Crippen LogP contribution in [0.4, 0.5) is 17.2 Å². The minimum atomic E-state index is 0.690. The molecule has 0 radical (unpaired) electrons. The molecule has 1 aliphatic rings. The summed E-state index contributed by atoms with van der Waals surface area (Å²) in [5.41, 5.74) is 3.15. The zero-order valence-corrected chi connectivity index (χ0v) is 14.1. The van der Waals surface area contributed by atoms with Crippen LogP contribution in [0.2, 0.25) is 0 Å². The van der Waals surface area contributed by atoms with Crippen molar-refractivity contribution in [1.29, 1.82) is 0 Å². The van der Waals surface area contributed by atoms with E-state index in [0.29, 0.717) is 5.82 Å². The van der Waals surface area contributed by atoms with Crippen molar-refractivity contribution < 1.29 is 4.74 Å². The second kappa shape index (κ2) is 6.90. The third-order valence-corrected chi connectivity index (χ3v) is 4.13. The maximum absolute atomic E-state index is 5.40. The molecule has 1 aromatic carbocycles. The van der Waals surface area contributed by atoms with E-state index in [0.717, 1.165) is 43.4 Å². The highest BCUT2D eigenvalue weighted by Crippen LogP contribution is 2.23. The van der Waals surface area contributed by atoms with Gasteiger partial charge in [-0.3, -0.25) is 4.68 Å². The first-order valence-electron chi connectivity index (χ1n) is 8.30. The highest BCUT2D eigenvalue weighted by Gasteiger charge is 2.11. The van der Waals surface area contributed by atoms with Gasteiger partial charge in [0.05, 0.1) is 13.2 Å². The monoisotopic (exact) mass is 336 g/mol. The normalized spacial score (nSPS) is 14.5. The first-order valence-corrected chi connectivity index (χ1v) is 8.30. The summed E-state index contributed by atoms with van der Waals surface area (Å²) in [7, 11) is 1.85. The number of anilines is 3. The second-order valence-corrected chi connectivity index (χ2v) is 5.94. The molecule has 1 saturated heterocycles. The molecule has 1 aliphatic heterocycles. The van der Waals surface area contributed by atoms with Crippen molar-refractivity contribution in [1.82, 2.24) is 19.7 Å². The van der Waals surface area contributed by atoms with Crippen LogP contribution in [0.5, 0.6) is 0 Å². The van der Waals surface area contributed by atoms with Gasteiger partial charge in [0.25, 0.3) is 0 Å². The van der Waals surface area contributed by atoms with Crippen LogP contribution in [0.15, 0.2) is 48.9 Å². The molecule has 1 fully saturated rings. The Labute approximate surface area is 146 Å². The molecular formula is C18H20N6O. The first kappa shape index (κ1) is 15.6. The molecule has 0 spiro atoms. The molecule has 7 nitrogen and oxygen atoms in total. The molecule has 0 unspecified atom stereocenters. The average molecular weight is 336 g/mol. The highest BCUT2D eigenvalue weighted by molar-refractivity contribution is 5.65. The number of hydrogen-bond donors (Lipinski definition) is 1. The number of hydrogen-bond acceptors (Lipinski definition) is 6. The summed E-state index contributed by atoms with van der Waals surface area (Å²) in [4.78, 5) is 11.0. The van der Waals surface area contributed by atoms with E-state index in [4.69, 9.17) is 4.74 Å². The molecule has 0 amide bonds. The van der Waals surface area contributed by atoms with E-state index in [1.54, 1.807) is 17.2 Å². The predicted molar refractivity (Wildman–Crippen MR) is 97.0 cm³/mol. The van der Waals surface area contributed by atoms with E-state index in [1.165, 1.54) is 5.69 Å². The summed E-state index contributed by atoms with van der Waals surface area (Å²) < 4.78 is 7.09. The molecule has 4 rings (SSSR count). The topological polar surface area (TPSA) is 68.1 Å². The van der Waals surface area contributed by atoms with Gasteiger partial charge in [0.1, 0.15) is 12.1 Å². The molecule has 0 bridgehead atoms. The standard InChI is InChI=1S/C18H20N6O/c1-23-13-20-18(22-23)14-6-7-19-17(12-14)21-15-2-4-16(5-3-15)24-8-10-25-11-9-24/h2-7,12-13H,8-11H2,1H3,(H,19,21). The van der Waals surface area contributed by atoms with Gasteiger partial charge in [0.15, 0.2) is 5.82 Å². The molecule has 0 saturated carbocycles. The summed E-state index contributed by atoms with van der Waals surface area (Å²) in [5, 5.41) is 7.66. The SMILES string of the molecule is Cn1cnc(-c2ccnc(Nc3ccc(N4CCOCC4)cc3)c2)n1. The molecule has 2 aromatic heterocycles. The molecule has 1 N–H and O–H groups in total. The Bertz CT molecular complexity index is 839. The van der Waals surface area contributed by atoms with Gasteiger partial charge in [-0.1, -0.05) is 0 Å². The first-order chi connectivity index (χ1) is 12.3. The molecule has 3 heterocycles. The van der Waals surface area contributed by atoms with Crippen LogP contribution in [0.25, 0.3) is 11.4 Å². The Kier molecular flexibility index (Phi) is 4.30. The maximum Gasteiger partial charge on any atom is 0.181 e. The van der Waals surface area contributed by atoms with Gasteiger partial charge in [-0.2, -0.15) is 5.10 Å². The van der Waals surface area contributed by atoms with Crippen molar-refractivity contribution in [2.24, 2.45) is 7.05 Å². The van der Waals surface area contributed by atoms with Crippen molar-refractivity contribution in [3.8, 4) is 11.4 Å². The number of ether oxygens (including phenoxy) is 1. The molecule has 7 heteroatoms. The minimum absolute atomic E-state index is 0.690. The van der Waals surface area contributed by atoms with Crippen molar-refractivity contribution in [3.05, 3.63) is 48.9 Å². The lowest BCUT2D eigenvalue weighted by Crippen LogP contribution is -2.36. The number of pyridine rings is 1. The second-order valence-electron chi connectivity index (χ2n) is 5.94.